The fourth-order valence-electron chi connectivity index (χ4n) is 4.11. The van der Waals surface area contributed by atoms with Crippen LogP contribution < -0.4 is 9.62 Å². The van der Waals surface area contributed by atoms with Crippen LogP contribution in [-0.2, 0) is 16.6 Å². The van der Waals surface area contributed by atoms with Crippen LogP contribution in [-0.4, -0.2) is 20.4 Å². The zero-order valence-electron chi connectivity index (χ0n) is 18.5. The van der Waals surface area contributed by atoms with Crippen LogP contribution in [0.15, 0.2) is 77.7 Å². The van der Waals surface area contributed by atoms with Crippen LogP contribution in [0.1, 0.15) is 47.2 Å². The van der Waals surface area contributed by atoms with E-state index < -0.39 is 10.0 Å². The van der Waals surface area contributed by atoms with Gasteiger partial charge in [0.05, 0.1) is 22.7 Å². The van der Waals surface area contributed by atoms with Crippen LogP contribution in [0.4, 0.5) is 5.69 Å². The molecule has 1 aliphatic carbocycles. The molecule has 0 saturated heterocycles. The molecular formula is C26H27ClN2O3S. The highest BCUT2D eigenvalue weighted by Gasteiger charge is 2.29. The Morgan fingerprint density at radius 2 is 1.61 bits per heavy atom. The molecule has 0 bridgehead atoms. The number of para-hydroxylation sites is 1. The molecule has 0 unspecified atom stereocenters. The van der Waals surface area contributed by atoms with Gasteiger partial charge in [0.15, 0.2) is 0 Å². The predicted octanol–water partition coefficient (Wildman–Crippen LogP) is 5.72. The van der Waals surface area contributed by atoms with Crippen LogP contribution >= 0.6 is 11.6 Å². The molecule has 4 rings (SSSR count). The topological polar surface area (TPSA) is 66.5 Å². The first-order chi connectivity index (χ1) is 15.8. The molecule has 7 heteroatoms. The lowest BCUT2D eigenvalue weighted by atomic mass is 10.1. The number of nitrogens with zero attached hydrogens (tertiary/aromatic N) is 1. The summed E-state index contributed by atoms with van der Waals surface area (Å²) in [6.45, 7) is 1.98. The highest BCUT2D eigenvalue weighted by Crippen LogP contribution is 2.30. The number of nitrogens with one attached hydrogen (secondary N) is 1. The number of sulfonamides is 1. The van der Waals surface area contributed by atoms with Crippen LogP contribution in [0.2, 0.25) is 5.02 Å². The summed E-state index contributed by atoms with van der Waals surface area (Å²) in [7, 11) is -3.94. The van der Waals surface area contributed by atoms with Gasteiger partial charge in [-0.3, -0.25) is 9.10 Å². The maximum Gasteiger partial charge on any atom is 0.264 e. The smallest absolute Gasteiger partial charge is 0.264 e. The Kier molecular flexibility index (Phi) is 7.05. The summed E-state index contributed by atoms with van der Waals surface area (Å²) in [5.74, 6) is -0.252. The second-order valence-electron chi connectivity index (χ2n) is 8.42. The fourth-order valence-corrected chi connectivity index (χ4v) is 5.71. The van der Waals surface area contributed by atoms with E-state index in [0.717, 1.165) is 36.8 Å². The number of rotatable bonds is 7. The van der Waals surface area contributed by atoms with Gasteiger partial charge in [-0.2, -0.15) is 0 Å². The van der Waals surface area contributed by atoms with Crippen molar-refractivity contribution in [3.63, 3.8) is 0 Å². The molecule has 0 aromatic heterocycles. The zero-order valence-corrected chi connectivity index (χ0v) is 20.1. The summed E-state index contributed by atoms with van der Waals surface area (Å²) in [5.41, 5.74) is 2.42. The van der Waals surface area contributed by atoms with Gasteiger partial charge in [0.2, 0.25) is 0 Å². The lowest BCUT2D eigenvalue weighted by molar-refractivity contribution is 0.0938. The highest BCUT2D eigenvalue weighted by molar-refractivity contribution is 7.92. The average molecular weight is 483 g/mol. The molecule has 1 aliphatic rings. The molecule has 0 aliphatic heterocycles. The summed E-state index contributed by atoms with van der Waals surface area (Å²) >= 11 is 6.03. The second kappa shape index (κ2) is 9.98. The maximum absolute atomic E-state index is 13.8. The SMILES string of the molecule is Cc1ccc(S(=O)(=O)N(Cc2ccc(Cl)cc2)c2ccccc2C(=O)NC2CCCC2)cc1. The molecule has 5 nitrogen and oxygen atoms in total. The molecule has 0 spiro atoms. The molecule has 0 radical (unpaired) electrons. The molecule has 0 heterocycles. The Hall–Kier alpha value is -2.83. The van der Waals surface area contributed by atoms with Crippen molar-refractivity contribution in [2.24, 2.45) is 0 Å². The van der Waals surface area contributed by atoms with Crippen molar-refractivity contribution in [2.75, 3.05) is 4.31 Å². The number of hydrogen-bond donors (Lipinski definition) is 1. The van der Waals surface area contributed by atoms with Crippen LogP contribution in [0.25, 0.3) is 0 Å². The number of anilines is 1. The average Bonchev–Trinajstić information content (AvgIpc) is 3.32. The minimum atomic E-state index is -3.94. The Morgan fingerprint density at radius 3 is 2.27 bits per heavy atom. The van der Waals surface area contributed by atoms with Gasteiger partial charge in [0.25, 0.3) is 15.9 Å². The molecule has 1 N–H and O–H groups in total. The third-order valence-electron chi connectivity index (χ3n) is 5.96. The number of amides is 1. The lowest BCUT2D eigenvalue weighted by Crippen LogP contribution is -2.36. The predicted molar refractivity (Wildman–Crippen MR) is 132 cm³/mol. The van der Waals surface area contributed by atoms with Crippen molar-refractivity contribution < 1.29 is 13.2 Å². The molecule has 172 valence electrons. The molecule has 1 amide bonds. The van der Waals surface area contributed by atoms with E-state index in [1.54, 1.807) is 72.8 Å². The normalized spacial score (nSPS) is 14.2. The molecule has 3 aromatic rings. The van der Waals surface area contributed by atoms with Gasteiger partial charge in [0.1, 0.15) is 0 Å². The minimum Gasteiger partial charge on any atom is -0.349 e. The Balaban J connectivity index is 1.77. The van der Waals surface area contributed by atoms with Crippen molar-refractivity contribution >= 4 is 33.2 Å². The first kappa shape index (κ1) is 23.3. The summed E-state index contributed by atoms with van der Waals surface area (Å²) in [5, 5.41) is 3.65. The summed E-state index contributed by atoms with van der Waals surface area (Å²) in [6, 6.07) is 20.8. The van der Waals surface area contributed by atoms with Crippen LogP contribution in [0.3, 0.4) is 0 Å². The van der Waals surface area contributed by atoms with E-state index in [0.29, 0.717) is 16.3 Å². The summed E-state index contributed by atoms with van der Waals surface area (Å²) in [4.78, 5) is 13.4. The number of benzene rings is 3. The molecular weight excluding hydrogens is 456 g/mol. The van der Waals surface area contributed by atoms with Gasteiger partial charge < -0.3 is 5.32 Å². The van der Waals surface area contributed by atoms with Gasteiger partial charge in [-0.15, -0.1) is 0 Å². The van der Waals surface area contributed by atoms with Gasteiger partial charge in [-0.1, -0.05) is 66.4 Å². The van der Waals surface area contributed by atoms with Gasteiger partial charge in [-0.25, -0.2) is 8.42 Å². The monoisotopic (exact) mass is 482 g/mol. The van der Waals surface area contributed by atoms with Crippen molar-refractivity contribution in [3.8, 4) is 0 Å². The van der Waals surface area contributed by atoms with Crippen LogP contribution in [0, 0.1) is 6.92 Å². The second-order valence-corrected chi connectivity index (χ2v) is 10.7. The standard InChI is InChI=1S/C26H27ClN2O3S/c1-19-10-16-23(17-11-19)33(31,32)29(18-20-12-14-21(27)15-13-20)25-9-5-4-8-24(25)26(30)28-22-6-2-3-7-22/h4-5,8-17,22H,2-3,6-7,18H2,1H3,(H,28,30). The molecule has 33 heavy (non-hydrogen) atoms. The van der Waals surface area contributed by atoms with E-state index >= 15 is 0 Å². The number of carbonyl (C=O) groups is 1. The van der Waals surface area contributed by atoms with Crippen molar-refractivity contribution in [3.05, 3.63) is 94.5 Å². The molecule has 3 aromatic carbocycles. The number of carbonyl (C=O) groups excluding carboxylic acids is 1. The van der Waals surface area contributed by atoms with Crippen LogP contribution in [0.5, 0.6) is 0 Å². The molecule has 0 atom stereocenters. The number of hydrogen-bond acceptors (Lipinski definition) is 3. The number of aryl methyl sites for hydroxylation is 1. The lowest BCUT2D eigenvalue weighted by Gasteiger charge is -2.27. The first-order valence-corrected chi connectivity index (χ1v) is 12.9. The quantitative estimate of drug-likeness (QED) is 0.468. The van der Waals surface area contributed by atoms with E-state index in [1.807, 2.05) is 6.92 Å². The van der Waals surface area contributed by atoms with Gasteiger partial charge >= 0.3 is 0 Å². The fraction of sp³-hybridized carbons (Fsp3) is 0.269. The Bertz CT molecular complexity index is 1220. The maximum atomic E-state index is 13.8. The Labute approximate surface area is 200 Å². The van der Waals surface area contributed by atoms with E-state index in [4.69, 9.17) is 11.6 Å². The van der Waals surface area contributed by atoms with Crippen molar-refractivity contribution in [2.45, 2.75) is 50.1 Å². The largest absolute Gasteiger partial charge is 0.349 e. The zero-order chi connectivity index (χ0) is 23.4. The number of halogens is 1. The van der Waals surface area contributed by atoms with Crippen molar-refractivity contribution in [1.82, 2.24) is 5.32 Å². The van der Waals surface area contributed by atoms with E-state index in [1.165, 1.54) is 4.31 Å². The van der Waals surface area contributed by atoms with Crippen molar-refractivity contribution in [1.29, 1.82) is 0 Å². The first-order valence-electron chi connectivity index (χ1n) is 11.1. The van der Waals surface area contributed by atoms with Gasteiger partial charge in [0, 0.05) is 11.1 Å². The molecule has 1 saturated carbocycles. The third kappa shape index (κ3) is 5.40. The minimum absolute atomic E-state index is 0.0705. The van der Waals surface area contributed by atoms with Gasteiger partial charge in [-0.05, 0) is 61.7 Å². The Morgan fingerprint density at radius 1 is 0.970 bits per heavy atom. The van der Waals surface area contributed by atoms with E-state index in [9.17, 15) is 13.2 Å². The van der Waals surface area contributed by atoms with E-state index in [-0.39, 0.29) is 23.4 Å². The highest BCUT2D eigenvalue weighted by atomic mass is 35.5. The third-order valence-corrected chi connectivity index (χ3v) is 7.98. The van der Waals surface area contributed by atoms with E-state index in [2.05, 4.69) is 5.32 Å². The molecule has 1 fully saturated rings. The summed E-state index contributed by atoms with van der Waals surface area (Å²) in [6.07, 6.45) is 4.09. The summed E-state index contributed by atoms with van der Waals surface area (Å²) < 4.78 is 28.9.